The minimum atomic E-state index is 0.833. The first-order valence-electron chi connectivity index (χ1n) is 5.17. The summed E-state index contributed by atoms with van der Waals surface area (Å²) in [7, 11) is 0. The largest absolute Gasteiger partial charge is 0.0984 e. The summed E-state index contributed by atoms with van der Waals surface area (Å²) < 4.78 is 0. The van der Waals surface area contributed by atoms with Gasteiger partial charge >= 0.3 is 0 Å². The van der Waals surface area contributed by atoms with Crippen LogP contribution >= 0.6 is 15.9 Å². The van der Waals surface area contributed by atoms with E-state index in [1.165, 1.54) is 27.5 Å². The van der Waals surface area contributed by atoms with Gasteiger partial charge in [0.2, 0.25) is 0 Å². The maximum absolute atomic E-state index is 3.90. The Balaban J connectivity index is 2.94. The smallest absolute Gasteiger partial charge is 0.0289 e. The van der Waals surface area contributed by atoms with E-state index in [1.807, 2.05) is 12.2 Å². The van der Waals surface area contributed by atoms with Gasteiger partial charge in [0.15, 0.2) is 0 Å². The number of benzene rings is 2. The van der Waals surface area contributed by atoms with Gasteiger partial charge in [-0.2, -0.15) is 0 Å². The molecule has 0 nitrogen and oxygen atoms in total. The van der Waals surface area contributed by atoms with E-state index in [4.69, 9.17) is 0 Å². The molecule has 0 atom stereocenters. The first-order valence-corrected chi connectivity index (χ1v) is 6.29. The second-order valence-electron chi connectivity index (χ2n) is 3.63. The third-order valence-electron chi connectivity index (χ3n) is 2.77. The van der Waals surface area contributed by atoms with E-state index in [0.29, 0.717) is 0 Å². The molecule has 0 aromatic heterocycles. The number of alkyl halides is 1. The lowest BCUT2D eigenvalue weighted by Crippen LogP contribution is -1.90. The maximum atomic E-state index is 3.90. The molecule has 0 bridgehead atoms. The number of hydrogen-bond donors (Lipinski definition) is 0. The van der Waals surface area contributed by atoms with Crippen LogP contribution in [-0.2, 0) is 5.33 Å². The average molecular weight is 273 g/mol. The molecule has 0 fully saturated rings. The van der Waals surface area contributed by atoms with Crippen molar-refractivity contribution in [1.29, 1.82) is 0 Å². The highest BCUT2D eigenvalue weighted by Gasteiger charge is 2.06. The molecule has 2 aromatic carbocycles. The third-order valence-corrected chi connectivity index (χ3v) is 3.38. The molecule has 1 heteroatoms. The number of rotatable bonds is 3. The van der Waals surface area contributed by atoms with Crippen molar-refractivity contribution in [2.45, 2.75) is 5.33 Å². The normalized spacial score (nSPS) is 10.3. The molecule has 0 unspecified atom stereocenters. The highest BCUT2D eigenvalue weighted by molar-refractivity contribution is 9.08. The van der Waals surface area contributed by atoms with Crippen LogP contribution in [0.1, 0.15) is 16.7 Å². The van der Waals surface area contributed by atoms with Crippen molar-refractivity contribution in [1.82, 2.24) is 0 Å². The molecule has 2 aromatic rings. The monoisotopic (exact) mass is 272 g/mol. The number of halogens is 1. The topological polar surface area (TPSA) is 0 Å². The molecule has 16 heavy (non-hydrogen) atoms. The zero-order valence-electron chi connectivity index (χ0n) is 9.04. The Morgan fingerprint density at radius 2 is 1.75 bits per heavy atom. The highest BCUT2D eigenvalue weighted by atomic mass is 79.9. The molecule has 0 aliphatic heterocycles. The summed E-state index contributed by atoms with van der Waals surface area (Å²) >= 11 is 3.52. The van der Waals surface area contributed by atoms with Gasteiger partial charge in [-0.25, -0.2) is 0 Å². The summed E-state index contributed by atoms with van der Waals surface area (Å²) in [4.78, 5) is 0. The fourth-order valence-electron chi connectivity index (χ4n) is 2.01. The van der Waals surface area contributed by atoms with E-state index in [9.17, 15) is 0 Å². The summed E-state index contributed by atoms with van der Waals surface area (Å²) in [6.45, 7) is 7.77. The molecule has 0 saturated heterocycles. The first kappa shape index (κ1) is 11.2. The molecular formula is C15H13Br. The Labute approximate surface area is 104 Å². The molecule has 0 saturated carbocycles. The van der Waals surface area contributed by atoms with Crippen LogP contribution in [-0.4, -0.2) is 0 Å². The molecule has 0 radical (unpaired) electrons. The lowest BCUT2D eigenvalue weighted by molar-refractivity contribution is 1.43. The van der Waals surface area contributed by atoms with Crippen molar-refractivity contribution in [3.05, 3.63) is 60.2 Å². The van der Waals surface area contributed by atoms with Crippen LogP contribution in [0.5, 0.6) is 0 Å². The van der Waals surface area contributed by atoms with Crippen LogP contribution in [0.15, 0.2) is 43.5 Å². The van der Waals surface area contributed by atoms with E-state index in [0.717, 1.165) is 5.33 Å². The van der Waals surface area contributed by atoms with Gasteiger partial charge in [-0.15, -0.1) is 0 Å². The van der Waals surface area contributed by atoms with Crippen molar-refractivity contribution in [2.24, 2.45) is 0 Å². The van der Waals surface area contributed by atoms with Gasteiger partial charge in [-0.1, -0.05) is 65.5 Å². The fraction of sp³-hybridized carbons (Fsp3) is 0.0667. The lowest BCUT2D eigenvalue weighted by Gasteiger charge is -2.10. The van der Waals surface area contributed by atoms with E-state index in [1.54, 1.807) is 0 Å². The average Bonchev–Trinajstić information content (AvgIpc) is 2.36. The molecule has 0 aliphatic carbocycles. The van der Waals surface area contributed by atoms with Gasteiger partial charge in [0, 0.05) is 5.33 Å². The Bertz CT molecular complexity index is 553. The van der Waals surface area contributed by atoms with Gasteiger partial charge in [0.25, 0.3) is 0 Å². The van der Waals surface area contributed by atoms with Gasteiger partial charge in [-0.3, -0.25) is 0 Å². The van der Waals surface area contributed by atoms with Crippen LogP contribution in [0.2, 0.25) is 0 Å². The molecule has 0 heterocycles. The van der Waals surface area contributed by atoms with Crippen LogP contribution < -0.4 is 0 Å². The summed E-state index contributed by atoms with van der Waals surface area (Å²) in [6, 6.07) is 10.5. The minimum Gasteiger partial charge on any atom is -0.0984 e. The van der Waals surface area contributed by atoms with Crippen LogP contribution in [0.3, 0.4) is 0 Å². The number of fused-ring (bicyclic) bond motifs is 1. The summed E-state index contributed by atoms with van der Waals surface area (Å²) in [6.07, 6.45) is 3.83. The van der Waals surface area contributed by atoms with Gasteiger partial charge in [-0.05, 0) is 33.5 Å². The molecule has 80 valence electrons. The number of hydrogen-bond acceptors (Lipinski definition) is 0. The van der Waals surface area contributed by atoms with E-state index < -0.39 is 0 Å². The molecule has 0 N–H and O–H groups in total. The molecule has 0 spiro atoms. The van der Waals surface area contributed by atoms with Gasteiger partial charge in [0.05, 0.1) is 0 Å². The lowest BCUT2D eigenvalue weighted by atomic mass is 9.95. The zero-order valence-corrected chi connectivity index (χ0v) is 10.6. The van der Waals surface area contributed by atoms with Crippen molar-refractivity contribution in [3.8, 4) is 0 Å². The van der Waals surface area contributed by atoms with Crippen LogP contribution in [0, 0.1) is 0 Å². The van der Waals surface area contributed by atoms with E-state index in [2.05, 4.69) is 59.4 Å². The summed E-state index contributed by atoms with van der Waals surface area (Å²) in [5.41, 5.74) is 3.64. The predicted octanol–water partition coefficient (Wildman–Crippen LogP) is 5.02. The molecule has 0 amide bonds. The van der Waals surface area contributed by atoms with Crippen LogP contribution in [0.25, 0.3) is 22.9 Å². The summed E-state index contributed by atoms with van der Waals surface area (Å²) in [5.74, 6) is 0. The SMILES string of the molecule is C=Cc1cc(CBr)c(C=C)c2ccccc12. The van der Waals surface area contributed by atoms with Crippen LogP contribution in [0.4, 0.5) is 0 Å². The summed E-state index contributed by atoms with van der Waals surface area (Å²) in [5, 5.41) is 3.31. The predicted molar refractivity (Wildman–Crippen MR) is 76.8 cm³/mol. The van der Waals surface area contributed by atoms with Crippen molar-refractivity contribution in [3.63, 3.8) is 0 Å². The Kier molecular flexibility index (Phi) is 3.25. The van der Waals surface area contributed by atoms with Gasteiger partial charge < -0.3 is 0 Å². The second kappa shape index (κ2) is 4.67. The zero-order chi connectivity index (χ0) is 11.5. The minimum absolute atomic E-state index is 0.833. The van der Waals surface area contributed by atoms with Crippen molar-refractivity contribution >= 4 is 38.9 Å². The van der Waals surface area contributed by atoms with Gasteiger partial charge in [0.1, 0.15) is 0 Å². The van der Waals surface area contributed by atoms with Crippen molar-refractivity contribution < 1.29 is 0 Å². The molecule has 0 aliphatic rings. The Hall–Kier alpha value is -1.34. The Morgan fingerprint density at radius 3 is 2.31 bits per heavy atom. The fourth-order valence-corrected chi connectivity index (χ4v) is 2.47. The van der Waals surface area contributed by atoms with Crippen molar-refractivity contribution in [2.75, 3.05) is 0 Å². The highest BCUT2D eigenvalue weighted by Crippen LogP contribution is 2.29. The van der Waals surface area contributed by atoms with E-state index >= 15 is 0 Å². The maximum Gasteiger partial charge on any atom is 0.0289 e. The standard InChI is InChI=1S/C15H13Br/c1-3-11-9-12(10-16)13(4-2)15-8-6-5-7-14(11)15/h3-9H,1-2,10H2. The molecule has 2 rings (SSSR count). The molecular weight excluding hydrogens is 260 g/mol. The first-order chi connectivity index (χ1) is 7.81. The second-order valence-corrected chi connectivity index (χ2v) is 4.19. The van der Waals surface area contributed by atoms with E-state index in [-0.39, 0.29) is 0 Å². The third kappa shape index (κ3) is 1.72. The quantitative estimate of drug-likeness (QED) is 0.689. The Morgan fingerprint density at radius 1 is 1.06 bits per heavy atom.